The number of hydrogen-bond acceptors (Lipinski definition) is 6. The number of hydrogen-bond donors (Lipinski definition) is 1. The minimum atomic E-state index is -0.572. The quantitative estimate of drug-likeness (QED) is 0.406. The Morgan fingerprint density at radius 1 is 1.12 bits per heavy atom. The lowest BCUT2D eigenvalue weighted by Crippen LogP contribution is -2.28. The minimum absolute atomic E-state index is 0.288. The zero-order chi connectivity index (χ0) is 21.9. The van der Waals surface area contributed by atoms with Gasteiger partial charge in [-0.1, -0.05) is 23.9 Å². The third-order valence-electron chi connectivity index (χ3n) is 5.70. The summed E-state index contributed by atoms with van der Waals surface area (Å²) in [6, 6.07) is 12.5. The van der Waals surface area contributed by atoms with E-state index < -0.39 is 5.41 Å². The van der Waals surface area contributed by atoms with Crippen molar-refractivity contribution < 1.29 is 9.18 Å². The summed E-state index contributed by atoms with van der Waals surface area (Å²) in [5, 5.41) is 1.70. The summed E-state index contributed by atoms with van der Waals surface area (Å²) in [5.41, 5.74) is 7.47. The lowest BCUT2D eigenvalue weighted by Gasteiger charge is -2.05. The number of nitrogens with zero attached hydrogens (tertiary/aromatic N) is 4. The molecule has 0 unspecified atom stereocenters. The van der Waals surface area contributed by atoms with E-state index in [0.29, 0.717) is 5.78 Å². The van der Waals surface area contributed by atoms with Gasteiger partial charge in [0.1, 0.15) is 21.3 Å². The first-order chi connectivity index (χ1) is 15.5. The van der Waals surface area contributed by atoms with E-state index in [0.717, 1.165) is 49.1 Å². The molecular formula is C23H16FN5OS2. The molecule has 1 amide bonds. The first kappa shape index (κ1) is 19.4. The summed E-state index contributed by atoms with van der Waals surface area (Å²) in [4.78, 5) is 26.3. The van der Waals surface area contributed by atoms with Crippen LogP contribution in [0, 0.1) is 5.82 Å². The Labute approximate surface area is 190 Å². The van der Waals surface area contributed by atoms with Gasteiger partial charge in [-0.25, -0.2) is 19.3 Å². The number of thiazole rings is 1. The predicted octanol–water partition coefficient (Wildman–Crippen LogP) is 4.81. The van der Waals surface area contributed by atoms with E-state index in [4.69, 9.17) is 5.73 Å². The molecule has 0 saturated heterocycles. The lowest BCUT2D eigenvalue weighted by atomic mass is 10.1. The van der Waals surface area contributed by atoms with Gasteiger partial charge in [0.15, 0.2) is 0 Å². The maximum atomic E-state index is 13.7. The zero-order valence-electron chi connectivity index (χ0n) is 16.7. The Hall–Kier alpha value is -3.30. The van der Waals surface area contributed by atoms with Crippen molar-refractivity contribution in [1.82, 2.24) is 19.4 Å². The van der Waals surface area contributed by atoms with Crippen LogP contribution in [0.2, 0.25) is 0 Å². The highest BCUT2D eigenvalue weighted by Gasteiger charge is 2.52. The van der Waals surface area contributed by atoms with Crippen LogP contribution >= 0.6 is 23.1 Å². The van der Waals surface area contributed by atoms with Gasteiger partial charge >= 0.3 is 0 Å². The summed E-state index contributed by atoms with van der Waals surface area (Å²) in [6.45, 7) is 0. The van der Waals surface area contributed by atoms with E-state index >= 15 is 0 Å². The molecule has 1 fully saturated rings. The number of nitrogens with two attached hydrogens (primary N) is 1. The van der Waals surface area contributed by atoms with E-state index in [1.807, 2.05) is 28.8 Å². The minimum Gasteiger partial charge on any atom is -0.369 e. The Morgan fingerprint density at radius 2 is 1.97 bits per heavy atom. The molecule has 2 aromatic carbocycles. The Morgan fingerprint density at radius 3 is 2.75 bits per heavy atom. The second-order valence-electron chi connectivity index (χ2n) is 7.82. The van der Waals surface area contributed by atoms with E-state index in [1.165, 1.54) is 23.5 Å². The summed E-state index contributed by atoms with van der Waals surface area (Å²) < 4.78 is 16.6. The smallest absolute Gasteiger partial charge is 0.234 e. The Balaban J connectivity index is 1.35. The third kappa shape index (κ3) is 3.16. The highest BCUT2D eigenvalue weighted by Crippen LogP contribution is 2.50. The van der Waals surface area contributed by atoms with Crippen LogP contribution in [0.25, 0.3) is 27.1 Å². The molecule has 9 heteroatoms. The summed E-state index contributed by atoms with van der Waals surface area (Å²) >= 11 is 3.09. The number of benzene rings is 2. The molecule has 2 N–H and O–H groups in total. The number of carbonyl (C=O) groups is 1. The number of aromatic nitrogens is 4. The normalized spacial score (nSPS) is 14.8. The third-order valence-corrected chi connectivity index (χ3v) is 7.93. The van der Waals surface area contributed by atoms with Crippen LogP contribution < -0.4 is 5.73 Å². The van der Waals surface area contributed by atoms with Gasteiger partial charge in [-0.05, 0) is 48.7 Å². The van der Waals surface area contributed by atoms with Crippen LogP contribution in [0.5, 0.6) is 0 Å². The molecule has 0 aliphatic heterocycles. The van der Waals surface area contributed by atoms with Crippen molar-refractivity contribution in [2.75, 3.05) is 0 Å². The second kappa shape index (κ2) is 7.11. The summed E-state index contributed by atoms with van der Waals surface area (Å²) in [7, 11) is 0. The SMILES string of the molecule is NC(=O)C1(c2nc3ccc(Sc4cnc5ncc(-c6cccc(F)c6)cn45)cc3s2)CC1. The van der Waals surface area contributed by atoms with Crippen molar-refractivity contribution in [2.45, 2.75) is 28.2 Å². The Kier molecular flexibility index (Phi) is 4.31. The van der Waals surface area contributed by atoms with Crippen LogP contribution in [0.15, 0.2) is 71.0 Å². The van der Waals surface area contributed by atoms with Crippen LogP contribution in [0.1, 0.15) is 17.8 Å². The van der Waals surface area contributed by atoms with E-state index in [-0.39, 0.29) is 11.7 Å². The molecule has 0 atom stereocenters. The highest BCUT2D eigenvalue weighted by atomic mass is 32.2. The molecule has 32 heavy (non-hydrogen) atoms. The molecule has 6 rings (SSSR count). The van der Waals surface area contributed by atoms with E-state index in [9.17, 15) is 9.18 Å². The Bertz CT molecular complexity index is 1520. The molecule has 1 aliphatic rings. The number of halogens is 1. The average Bonchev–Trinajstić information content (AvgIpc) is 3.36. The van der Waals surface area contributed by atoms with Gasteiger partial charge in [0.25, 0.3) is 0 Å². The fraction of sp³-hybridized carbons (Fsp3) is 0.130. The van der Waals surface area contributed by atoms with Crippen molar-refractivity contribution in [3.63, 3.8) is 0 Å². The van der Waals surface area contributed by atoms with E-state index in [1.54, 1.807) is 30.2 Å². The van der Waals surface area contributed by atoms with Crippen LogP contribution in [-0.2, 0) is 10.2 Å². The zero-order valence-corrected chi connectivity index (χ0v) is 18.3. The molecule has 0 radical (unpaired) electrons. The second-order valence-corrected chi connectivity index (χ2v) is 9.94. The molecule has 5 aromatic rings. The molecule has 158 valence electrons. The van der Waals surface area contributed by atoms with Crippen molar-refractivity contribution in [2.24, 2.45) is 5.73 Å². The fourth-order valence-corrected chi connectivity index (χ4v) is 5.95. The number of rotatable bonds is 5. The van der Waals surface area contributed by atoms with Crippen molar-refractivity contribution in [3.8, 4) is 11.1 Å². The lowest BCUT2D eigenvalue weighted by molar-refractivity contribution is -0.120. The highest BCUT2D eigenvalue weighted by molar-refractivity contribution is 7.99. The summed E-state index contributed by atoms with van der Waals surface area (Å²) in [5.74, 6) is -0.00574. The maximum Gasteiger partial charge on any atom is 0.234 e. The standard InChI is InChI=1S/C23H16FN5OS2/c24-15-3-1-2-13(8-15)14-10-26-22-27-11-19(29(22)12-14)31-16-4-5-17-18(9-16)32-21(28-17)23(6-7-23)20(25)30/h1-5,8-12H,6-7H2,(H2,25,30). The first-order valence-corrected chi connectivity index (χ1v) is 11.6. The summed E-state index contributed by atoms with van der Waals surface area (Å²) in [6.07, 6.45) is 6.93. The number of fused-ring (bicyclic) bond motifs is 2. The predicted molar refractivity (Wildman–Crippen MR) is 122 cm³/mol. The van der Waals surface area contributed by atoms with Crippen LogP contribution in [-0.4, -0.2) is 25.3 Å². The average molecular weight is 462 g/mol. The van der Waals surface area contributed by atoms with Crippen LogP contribution in [0.4, 0.5) is 4.39 Å². The van der Waals surface area contributed by atoms with Gasteiger partial charge in [0, 0.05) is 22.9 Å². The molecule has 0 bridgehead atoms. The monoisotopic (exact) mass is 461 g/mol. The van der Waals surface area contributed by atoms with Crippen molar-refractivity contribution in [3.05, 3.63) is 71.9 Å². The first-order valence-electron chi connectivity index (χ1n) is 10.00. The largest absolute Gasteiger partial charge is 0.369 e. The molecular weight excluding hydrogens is 445 g/mol. The number of carbonyl (C=O) groups excluding carboxylic acids is 1. The van der Waals surface area contributed by atoms with Crippen molar-refractivity contribution >= 4 is 45.0 Å². The number of primary amides is 1. The molecule has 1 aliphatic carbocycles. The molecule has 6 nitrogen and oxygen atoms in total. The number of imidazole rings is 1. The number of amides is 1. The van der Waals surface area contributed by atoms with Gasteiger partial charge in [-0.2, -0.15) is 0 Å². The van der Waals surface area contributed by atoms with Crippen molar-refractivity contribution in [1.29, 1.82) is 0 Å². The van der Waals surface area contributed by atoms with Gasteiger partial charge in [0.05, 0.1) is 16.4 Å². The fourth-order valence-electron chi connectivity index (χ4n) is 3.73. The molecule has 1 saturated carbocycles. The topological polar surface area (TPSA) is 86.2 Å². The van der Waals surface area contributed by atoms with Crippen LogP contribution in [0.3, 0.4) is 0 Å². The van der Waals surface area contributed by atoms with Gasteiger partial charge in [-0.3, -0.25) is 9.20 Å². The van der Waals surface area contributed by atoms with Gasteiger partial charge < -0.3 is 5.73 Å². The van der Waals surface area contributed by atoms with Gasteiger partial charge in [0.2, 0.25) is 11.7 Å². The molecule has 3 aromatic heterocycles. The van der Waals surface area contributed by atoms with E-state index in [2.05, 4.69) is 21.0 Å². The van der Waals surface area contributed by atoms with Gasteiger partial charge in [-0.15, -0.1) is 11.3 Å². The molecule has 0 spiro atoms. The maximum absolute atomic E-state index is 13.7. The molecule has 3 heterocycles.